The summed E-state index contributed by atoms with van der Waals surface area (Å²) in [5.41, 5.74) is 8.28. The van der Waals surface area contributed by atoms with Crippen LogP contribution in [0.2, 0.25) is 0 Å². The molecule has 12 heavy (non-hydrogen) atoms. The fourth-order valence-corrected chi connectivity index (χ4v) is 1.33. The van der Waals surface area contributed by atoms with Crippen molar-refractivity contribution in [2.45, 2.75) is 26.7 Å². The van der Waals surface area contributed by atoms with Crippen LogP contribution >= 0.6 is 0 Å². The lowest BCUT2D eigenvalue weighted by Crippen LogP contribution is -1.93. The second-order valence-corrected chi connectivity index (χ2v) is 2.89. The van der Waals surface area contributed by atoms with Crippen molar-refractivity contribution >= 4 is 5.69 Å². The van der Waals surface area contributed by atoms with Crippen LogP contribution in [0.3, 0.4) is 0 Å². The van der Waals surface area contributed by atoms with Crippen LogP contribution in [0, 0.1) is 0 Å². The lowest BCUT2D eigenvalue weighted by molar-refractivity contribution is 0.462. The third-order valence-electron chi connectivity index (χ3n) is 2.05. The van der Waals surface area contributed by atoms with E-state index in [9.17, 15) is 5.11 Å². The van der Waals surface area contributed by atoms with Crippen molar-refractivity contribution in [2.75, 3.05) is 5.73 Å². The maximum absolute atomic E-state index is 9.66. The average Bonchev–Trinajstić information content (AvgIpc) is 2.08. The Morgan fingerprint density at radius 3 is 1.92 bits per heavy atom. The van der Waals surface area contributed by atoms with Gasteiger partial charge in [0.25, 0.3) is 0 Å². The Balaban J connectivity index is 3.22. The quantitative estimate of drug-likeness (QED) is 0.520. The summed E-state index contributed by atoms with van der Waals surface area (Å²) in [5, 5.41) is 9.66. The molecule has 0 aliphatic rings. The molecule has 1 aromatic rings. The molecule has 0 unspecified atom stereocenters. The zero-order valence-electron chi connectivity index (χ0n) is 7.59. The molecule has 2 nitrogen and oxygen atoms in total. The summed E-state index contributed by atoms with van der Waals surface area (Å²) in [4.78, 5) is 0. The average molecular weight is 165 g/mol. The van der Waals surface area contributed by atoms with Gasteiger partial charge in [-0.3, -0.25) is 0 Å². The zero-order chi connectivity index (χ0) is 9.14. The standard InChI is InChI=1S/C10H15NO/c1-3-7-5-9(11)6-8(4-2)10(7)12/h5-6,12H,3-4,11H2,1-2H3. The van der Waals surface area contributed by atoms with Gasteiger partial charge in [-0.05, 0) is 36.1 Å². The Morgan fingerprint density at radius 2 is 1.58 bits per heavy atom. The number of anilines is 1. The third-order valence-corrected chi connectivity index (χ3v) is 2.05. The monoisotopic (exact) mass is 165 g/mol. The Kier molecular flexibility index (Phi) is 2.58. The summed E-state index contributed by atoms with van der Waals surface area (Å²) >= 11 is 0. The van der Waals surface area contributed by atoms with Gasteiger partial charge in [-0.2, -0.15) is 0 Å². The van der Waals surface area contributed by atoms with Gasteiger partial charge in [0.1, 0.15) is 5.75 Å². The van der Waals surface area contributed by atoms with E-state index in [1.54, 1.807) is 0 Å². The van der Waals surface area contributed by atoms with Crippen LogP contribution in [-0.2, 0) is 12.8 Å². The number of phenols is 1. The van der Waals surface area contributed by atoms with E-state index in [0.717, 1.165) is 29.7 Å². The van der Waals surface area contributed by atoms with Crippen LogP contribution in [0.15, 0.2) is 12.1 Å². The molecule has 0 aliphatic heterocycles. The molecule has 3 N–H and O–H groups in total. The van der Waals surface area contributed by atoms with Gasteiger partial charge >= 0.3 is 0 Å². The van der Waals surface area contributed by atoms with Gasteiger partial charge in [0.2, 0.25) is 0 Å². The molecule has 1 rings (SSSR count). The minimum atomic E-state index is 0.411. The van der Waals surface area contributed by atoms with Gasteiger partial charge in [0.15, 0.2) is 0 Å². The Bertz CT molecular complexity index is 256. The smallest absolute Gasteiger partial charge is 0.122 e. The molecular formula is C10H15NO. The van der Waals surface area contributed by atoms with Crippen molar-refractivity contribution in [3.05, 3.63) is 23.3 Å². The van der Waals surface area contributed by atoms with Crippen LogP contribution in [0.5, 0.6) is 5.75 Å². The number of nitrogen functional groups attached to an aromatic ring is 1. The molecule has 0 aliphatic carbocycles. The first-order valence-corrected chi connectivity index (χ1v) is 4.29. The van der Waals surface area contributed by atoms with Crippen LogP contribution in [-0.4, -0.2) is 5.11 Å². The first-order chi connectivity index (χ1) is 5.69. The highest BCUT2D eigenvalue weighted by Crippen LogP contribution is 2.26. The van der Waals surface area contributed by atoms with E-state index in [4.69, 9.17) is 5.73 Å². The summed E-state index contributed by atoms with van der Waals surface area (Å²) in [6.07, 6.45) is 1.65. The molecule has 0 fully saturated rings. The molecular weight excluding hydrogens is 150 g/mol. The lowest BCUT2D eigenvalue weighted by Gasteiger charge is -2.07. The van der Waals surface area contributed by atoms with Gasteiger partial charge in [0.05, 0.1) is 0 Å². The van der Waals surface area contributed by atoms with E-state index >= 15 is 0 Å². The highest BCUT2D eigenvalue weighted by atomic mass is 16.3. The maximum atomic E-state index is 9.66. The number of hydrogen-bond acceptors (Lipinski definition) is 2. The number of hydrogen-bond donors (Lipinski definition) is 2. The molecule has 0 bridgehead atoms. The topological polar surface area (TPSA) is 46.2 Å². The van der Waals surface area contributed by atoms with Crippen molar-refractivity contribution in [2.24, 2.45) is 0 Å². The molecule has 1 aromatic carbocycles. The summed E-state index contributed by atoms with van der Waals surface area (Å²) in [6, 6.07) is 3.66. The fourth-order valence-electron chi connectivity index (χ4n) is 1.33. The number of benzene rings is 1. The Hall–Kier alpha value is -1.18. The number of phenolic OH excluding ortho intramolecular Hbond substituents is 1. The lowest BCUT2D eigenvalue weighted by atomic mass is 10.0. The van der Waals surface area contributed by atoms with E-state index in [-0.39, 0.29) is 0 Å². The molecule has 0 atom stereocenters. The Labute approximate surface area is 73.0 Å². The van der Waals surface area contributed by atoms with Crippen molar-refractivity contribution in [1.82, 2.24) is 0 Å². The molecule has 0 spiro atoms. The largest absolute Gasteiger partial charge is 0.507 e. The van der Waals surface area contributed by atoms with Crippen LogP contribution in [0.25, 0.3) is 0 Å². The number of aryl methyl sites for hydroxylation is 2. The molecule has 0 heterocycles. The van der Waals surface area contributed by atoms with E-state index in [2.05, 4.69) is 0 Å². The van der Waals surface area contributed by atoms with Crippen molar-refractivity contribution in [1.29, 1.82) is 0 Å². The van der Waals surface area contributed by atoms with E-state index < -0.39 is 0 Å². The van der Waals surface area contributed by atoms with Crippen LogP contribution < -0.4 is 5.73 Å². The highest BCUT2D eigenvalue weighted by Gasteiger charge is 2.05. The van der Waals surface area contributed by atoms with Crippen molar-refractivity contribution < 1.29 is 5.11 Å². The molecule has 0 amide bonds. The number of aromatic hydroxyl groups is 1. The second-order valence-electron chi connectivity index (χ2n) is 2.89. The van der Waals surface area contributed by atoms with Gasteiger partial charge in [-0.15, -0.1) is 0 Å². The summed E-state index contributed by atoms with van der Waals surface area (Å²) < 4.78 is 0. The minimum absolute atomic E-state index is 0.411. The second kappa shape index (κ2) is 3.48. The highest BCUT2D eigenvalue weighted by molar-refractivity contribution is 5.52. The summed E-state index contributed by atoms with van der Waals surface area (Å²) in [6.45, 7) is 4.02. The van der Waals surface area contributed by atoms with Crippen LogP contribution in [0.4, 0.5) is 5.69 Å². The molecule has 2 heteroatoms. The van der Waals surface area contributed by atoms with E-state index in [1.807, 2.05) is 26.0 Å². The fraction of sp³-hybridized carbons (Fsp3) is 0.400. The third kappa shape index (κ3) is 1.52. The number of rotatable bonds is 2. The predicted octanol–water partition coefficient (Wildman–Crippen LogP) is 2.10. The number of nitrogens with two attached hydrogens (primary N) is 1. The van der Waals surface area contributed by atoms with Gasteiger partial charge in [-0.1, -0.05) is 13.8 Å². The molecule has 66 valence electrons. The van der Waals surface area contributed by atoms with Gasteiger partial charge in [-0.25, -0.2) is 0 Å². The molecule has 0 aromatic heterocycles. The first-order valence-electron chi connectivity index (χ1n) is 4.29. The molecule has 0 saturated carbocycles. The van der Waals surface area contributed by atoms with Gasteiger partial charge in [0, 0.05) is 5.69 Å². The first kappa shape index (κ1) is 8.91. The summed E-state index contributed by atoms with van der Waals surface area (Å²) in [7, 11) is 0. The zero-order valence-corrected chi connectivity index (χ0v) is 7.59. The normalized spacial score (nSPS) is 10.2. The minimum Gasteiger partial charge on any atom is -0.507 e. The van der Waals surface area contributed by atoms with Crippen molar-refractivity contribution in [3.8, 4) is 5.75 Å². The predicted molar refractivity (Wildman–Crippen MR) is 51.3 cm³/mol. The molecule has 0 radical (unpaired) electrons. The summed E-state index contributed by atoms with van der Waals surface area (Å²) in [5.74, 6) is 0.411. The van der Waals surface area contributed by atoms with E-state index in [1.165, 1.54) is 0 Å². The van der Waals surface area contributed by atoms with Crippen LogP contribution in [0.1, 0.15) is 25.0 Å². The maximum Gasteiger partial charge on any atom is 0.122 e. The SMILES string of the molecule is CCc1cc(N)cc(CC)c1O. The van der Waals surface area contributed by atoms with Crippen molar-refractivity contribution in [3.63, 3.8) is 0 Å². The Morgan fingerprint density at radius 1 is 1.17 bits per heavy atom. The van der Waals surface area contributed by atoms with Gasteiger partial charge < -0.3 is 10.8 Å². The van der Waals surface area contributed by atoms with E-state index in [0.29, 0.717) is 5.75 Å². The molecule has 0 saturated heterocycles.